The molecule has 1 fully saturated rings. The van der Waals surface area contributed by atoms with Gasteiger partial charge in [0, 0.05) is 24.9 Å². The Morgan fingerprint density at radius 2 is 2.12 bits per heavy atom. The first-order valence-corrected chi connectivity index (χ1v) is 10.1. The van der Waals surface area contributed by atoms with Crippen molar-refractivity contribution in [3.63, 3.8) is 0 Å². The zero-order valence-electron chi connectivity index (χ0n) is 14.4. The predicted molar refractivity (Wildman–Crippen MR) is 89.4 cm³/mol. The van der Waals surface area contributed by atoms with Gasteiger partial charge in [-0.1, -0.05) is 6.92 Å². The lowest BCUT2D eigenvalue weighted by atomic mass is 10.1. The number of sulfone groups is 1. The molecule has 0 aromatic carbocycles. The molecule has 0 aromatic heterocycles. The molecule has 0 unspecified atom stereocenters. The highest BCUT2D eigenvalue weighted by atomic mass is 32.2. The maximum Gasteiger partial charge on any atom is 0.355 e. The number of nitrogens with one attached hydrogen (secondary N) is 1. The van der Waals surface area contributed by atoms with Crippen molar-refractivity contribution in [2.75, 3.05) is 18.1 Å². The Labute approximate surface area is 146 Å². The Balaban J connectivity index is 1.98. The fourth-order valence-electron chi connectivity index (χ4n) is 2.91. The van der Waals surface area contributed by atoms with Crippen molar-refractivity contribution in [1.29, 1.82) is 0 Å². The van der Waals surface area contributed by atoms with Crippen molar-refractivity contribution in [1.82, 2.24) is 10.3 Å². The molecular weight excluding hydrogens is 350 g/mol. The summed E-state index contributed by atoms with van der Waals surface area (Å²) in [6.07, 6.45) is 1.36. The molecule has 2 amide bonds. The Hall–Kier alpha value is -1.97. The highest BCUT2D eigenvalue weighted by Crippen LogP contribution is 2.21. The highest BCUT2D eigenvalue weighted by Gasteiger charge is 2.37. The van der Waals surface area contributed by atoms with E-state index in [0.29, 0.717) is 12.8 Å². The van der Waals surface area contributed by atoms with E-state index in [-0.39, 0.29) is 42.0 Å². The minimum Gasteiger partial charge on any atom is -0.451 e. The normalized spacial score (nSPS) is 23.4. The fourth-order valence-corrected chi connectivity index (χ4v) is 4.62. The number of ether oxygens (including phenoxy) is 1. The van der Waals surface area contributed by atoms with E-state index in [2.05, 4.69) is 10.5 Å². The zero-order chi connectivity index (χ0) is 18.6. The third-order valence-electron chi connectivity index (χ3n) is 4.42. The van der Waals surface area contributed by atoms with Crippen LogP contribution in [0.1, 0.15) is 39.5 Å². The maximum atomic E-state index is 12.5. The molecule has 25 heavy (non-hydrogen) atoms. The molecule has 0 spiro atoms. The summed E-state index contributed by atoms with van der Waals surface area (Å²) in [5.41, 5.74) is 2.25. The third-order valence-corrected chi connectivity index (χ3v) is 6.17. The summed E-state index contributed by atoms with van der Waals surface area (Å²) >= 11 is 0. The molecule has 2 rings (SSSR count). The molecule has 9 nitrogen and oxygen atoms in total. The summed E-state index contributed by atoms with van der Waals surface area (Å²) in [7, 11) is -3.13. The van der Waals surface area contributed by atoms with Gasteiger partial charge in [-0.05, 0) is 19.8 Å². The molecule has 1 saturated heterocycles. The number of hydrogen-bond acceptors (Lipinski definition) is 7. The van der Waals surface area contributed by atoms with Gasteiger partial charge in [0.1, 0.15) is 5.71 Å². The topological polar surface area (TPSA) is 122 Å². The van der Waals surface area contributed by atoms with Crippen molar-refractivity contribution in [2.24, 2.45) is 5.10 Å². The van der Waals surface area contributed by atoms with Gasteiger partial charge < -0.3 is 9.64 Å². The molecule has 0 aromatic rings. The molecule has 2 heterocycles. The largest absolute Gasteiger partial charge is 0.451 e. The SMILES string of the molecule is CC[C@H](C)N(C(=O)COC(=O)C1=NNC(=O)CC1)[C@H]1CCS(=O)(=O)C1. The summed E-state index contributed by atoms with van der Waals surface area (Å²) < 4.78 is 28.4. The van der Waals surface area contributed by atoms with Crippen LogP contribution in [0, 0.1) is 0 Å². The zero-order valence-corrected chi connectivity index (χ0v) is 15.2. The molecule has 140 valence electrons. The Morgan fingerprint density at radius 3 is 2.64 bits per heavy atom. The molecule has 2 aliphatic heterocycles. The van der Waals surface area contributed by atoms with Crippen LogP contribution in [0.5, 0.6) is 0 Å². The second kappa shape index (κ2) is 7.94. The fraction of sp³-hybridized carbons (Fsp3) is 0.733. The number of rotatable bonds is 6. The Kier molecular flexibility index (Phi) is 6.15. The van der Waals surface area contributed by atoms with Crippen molar-refractivity contribution in [3.05, 3.63) is 0 Å². The minimum atomic E-state index is -3.13. The van der Waals surface area contributed by atoms with Gasteiger partial charge >= 0.3 is 5.97 Å². The van der Waals surface area contributed by atoms with Crippen molar-refractivity contribution < 1.29 is 27.5 Å². The molecule has 0 saturated carbocycles. The first-order valence-electron chi connectivity index (χ1n) is 8.27. The van der Waals surface area contributed by atoms with E-state index in [1.165, 1.54) is 4.90 Å². The molecular formula is C15H23N3O6S. The van der Waals surface area contributed by atoms with Gasteiger partial charge in [-0.25, -0.2) is 18.6 Å². The summed E-state index contributed by atoms with van der Waals surface area (Å²) in [6, 6.07) is -0.548. The summed E-state index contributed by atoms with van der Waals surface area (Å²) in [4.78, 5) is 37.0. The third kappa shape index (κ3) is 5.00. The standard InChI is InChI=1S/C15H23N3O6S/c1-3-10(2)18(11-6-7-25(22,23)9-11)14(20)8-24-15(21)12-4-5-13(19)17-16-12/h10-11H,3-9H2,1-2H3,(H,17,19)/t10-,11-/m0/s1. The van der Waals surface area contributed by atoms with E-state index in [0.717, 1.165) is 0 Å². The van der Waals surface area contributed by atoms with Gasteiger partial charge in [0.2, 0.25) is 5.91 Å². The van der Waals surface area contributed by atoms with E-state index in [1.807, 2.05) is 13.8 Å². The van der Waals surface area contributed by atoms with Gasteiger partial charge in [-0.3, -0.25) is 9.59 Å². The number of carbonyl (C=O) groups excluding carboxylic acids is 3. The van der Waals surface area contributed by atoms with Crippen LogP contribution in [0.15, 0.2) is 5.10 Å². The average molecular weight is 373 g/mol. The van der Waals surface area contributed by atoms with Crippen LogP contribution in [0.25, 0.3) is 0 Å². The second-order valence-electron chi connectivity index (χ2n) is 6.28. The van der Waals surface area contributed by atoms with Crippen LogP contribution in [0.3, 0.4) is 0 Å². The lowest BCUT2D eigenvalue weighted by Gasteiger charge is -2.33. The van der Waals surface area contributed by atoms with Crippen molar-refractivity contribution in [3.8, 4) is 0 Å². The van der Waals surface area contributed by atoms with Crippen LogP contribution in [-0.2, 0) is 29.0 Å². The Bertz CT molecular complexity index is 687. The number of hydrazone groups is 1. The lowest BCUT2D eigenvalue weighted by molar-refractivity contribution is -0.149. The molecule has 10 heteroatoms. The summed E-state index contributed by atoms with van der Waals surface area (Å²) in [5, 5.41) is 3.62. The van der Waals surface area contributed by atoms with Crippen LogP contribution in [0.2, 0.25) is 0 Å². The first-order chi connectivity index (χ1) is 11.7. The molecule has 1 N–H and O–H groups in total. The van der Waals surface area contributed by atoms with E-state index in [9.17, 15) is 22.8 Å². The number of esters is 1. The first kappa shape index (κ1) is 19.4. The number of amides is 2. The smallest absolute Gasteiger partial charge is 0.355 e. The molecule has 0 radical (unpaired) electrons. The van der Waals surface area contributed by atoms with Crippen molar-refractivity contribution in [2.45, 2.75) is 51.6 Å². The lowest BCUT2D eigenvalue weighted by Crippen LogP contribution is -2.48. The quantitative estimate of drug-likeness (QED) is 0.633. The minimum absolute atomic E-state index is 0.0598. The van der Waals surface area contributed by atoms with Crippen molar-refractivity contribution >= 4 is 33.3 Å². The Morgan fingerprint density at radius 1 is 1.40 bits per heavy atom. The van der Waals surface area contributed by atoms with E-state index >= 15 is 0 Å². The monoisotopic (exact) mass is 373 g/mol. The summed E-state index contributed by atoms with van der Waals surface area (Å²) in [6.45, 7) is 3.26. The van der Waals surface area contributed by atoms with Crippen LogP contribution < -0.4 is 5.43 Å². The van der Waals surface area contributed by atoms with Gasteiger partial charge in [-0.15, -0.1) is 0 Å². The highest BCUT2D eigenvalue weighted by molar-refractivity contribution is 7.91. The molecule has 0 bridgehead atoms. The van der Waals surface area contributed by atoms with Gasteiger partial charge in [0.05, 0.1) is 11.5 Å². The van der Waals surface area contributed by atoms with Crippen LogP contribution >= 0.6 is 0 Å². The van der Waals surface area contributed by atoms with Gasteiger partial charge in [-0.2, -0.15) is 5.10 Å². The summed E-state index contributed by atoms with van der Waals surface area (Å²) in [5.74, 6) is -1.45. The van der Waals surface area contributed by atoms with Crippen LogP contribution in [-0.4, -0.2) is 67.0 Å². The molecule has 2 aliphatic rings. The van der Waals surface area contributed by atoms with E-state index < -0.39 is 34.4 Å². The van der Waals surface area contributed by atoms with Crippen LogP contribution in [0.4, 0.5) is 0 Å². The second-order valence-corrected chi connectivity index (χ2v) is 8.51. The number of hydrogen-bond donors (Lipinski definition) is 1. The average Bonchev–Trinajstić information content (AvgIpc) is 2.92. The van der Waals surface area contributed by atoms with Gasteiger partial charge in [0.25, 0.3) is 5.91 Å². The predicted octanol–water partition coefficient (Wildman–Crippen LogP) is -0.390. The number of carbonyl (C=O) groups is 3. The van der Waals surface area contributed by atoms with Gasteiger partial charge in [0.15, 0.2) is 16.4 Å². The number of nitrogens with zero attached hydrogens (tertiary/aromatic N) is 2. The van der Waals surface area contributed by atoms with E-state index in [1.54, 1.807) is 0 Å². The van der Waals surface area contributed by atoms with E-state index in [4.69, 9.17) is 4.74 Å². The maximum absolute atomic E-state index is 12.5. The molecule has 2 atom stereocenters. The molecule has 0 aliphatic carbocycles.